The summed E-state index contributed by atoms with van der Waals surface area (Å²) in [6.07, 6.45) is 6.55. The largest absolute Gasteiger partial charge is 0.458 e. The molecule has 5 nitrogen and oxygen atoms in total. The molecular formula is C18H20O5. The highest BCUT2D eigenvalue weighted by atomic mass is 16.7. The van der Waals surface area contributed by atoms with E-state index in [4.69, 9.17) is 14.2 Å². The standard InChI is InChI=1S/C18H20O5/c1-9-4-3-5-11-7-12-13(18(20)23-16(12)15(9)11)8-21-14-6-10(2)17(19)22-14/h6,8-9,12,14,16H,3-5,7H2,1-2H3/b13-8+/t9?,12-,14+,16+/m1/s1. The molecule has 0 spiro atoms. The summed E-state index contributed by atoms with van der Waals surface area (Å²) in [5, 5.41) is 0. The normalized spacial score (nSPS) is 37.5. The SMILES string of the molecule is CC1=C[C@@H](O/C=C2/C(=O)O[C@@H]3C4=C(CCCC4C)C[C@H]23)OC1=O. The molecule has 1 fully saturated rings. The van der Waals surface area contributed by atoms with Gasteiger partial charge in [-0.3, -0.25) is 0 Å². The van der Waals surface area contributed by atoms with Crippen LogP contribution in [0.5, 0.6) is 0 Å². The predicted molar refractivity (Wildman–Crippen MR) is 80.8 cm³/mol. The Morgan fingerprint density at radius 1 is 1.26 bits per heavy atom. The summed E-state index contributed by atoms with van der Waals surface area (Å²) in [7, 11) is 0. The third-order valence-electron chi connectivity index (χ3n) is 5.32. The number of carbonyl (C=O) groups excluding carboxylic acids is 2. The van der Waals surface area contributed by atoms with Gasteiger partial charge in [0.1, 0.15) is 6.10 Å². The Kier molecular flexibility index (Phi) is 3.32. The molecular weight excluding hydrogens is 296 g/mol. The van der Waals surface area contributed by atoms with Crippen LogP contribution in [0.15, 0.2) is 34.6 Å². The molecule has 0 N–H and O–H groups in total. The second-order valence-electron chi connectivity index (χ2n) is 6.82. The van der Waals surface area contributed by atoms with E-state index in [2.05, 4.69) is 6.92 Å². The molecule has 122 valence electrons. The zero-order valence-corrected chi connectivity index (χ0v) is 13.3. The molecule has 0 bridgehead atoms. The van der Waals surface area contributed by atoms with Crippen LogP contribution >= 0.6 is 0 Å². The van der Waals surface area contributed by atoms with E-state index >= 15 is 0 Å². The first-order valence-electron chi connectivity index (χ1n) is 8.22. The van der Waals surface area contributed by atoms with E-state index < -0.39 is 6.29 Å². The maximum atomic E-state index is 12.2. The van der Waals surface area contributed by atoms with Gasteiger partial charge in [-0.05, 0) is 44.1 Å². The quantitative estimate of drug-likeness (QED) is 0.339. The number of hydrogen-bond donors (Lipinski definition) is 0. The van der Waals surface area contributed by atoms with E-state index in [1.165, 1.54) is 23.8 Å². The molecule has 4 aliphatic rings. The van der Waals surface area contributed by atoms with Gasteiger partial charge in [0.2, 0.25) is 0 Å². The number of rotatable bonds is 2. The van der Waals surface area contributed by atoms with Crippen LogP contribution in [0.4, 0.5) is 0 Å². The first kappa shape index (κ1) is 14.5. The number of ether oxygens (including phenoxy) is 3. The molecule has 0 radical (unpaired) electrons. The summed E-state index contributed by atoms with van der Waals surface area (Å²) in [5.74, 6) is -0.153. The van der Waals surface area contributed by atoms with Crippen molar-refractivity contribution in [2.24, 2.45) is 11.8 Å². The summed E-state index contributed by atoms with van der Waals surface area (Å²) in [5.41, 5.74) is 3.87. The maximum Gasteiger partial charge on any atom is 0.338 e. The number of esters is 2. The minimum atomic E-state index is -0.746. The van der Waals surface area contributed by atoms with Gasteiger partial charge in [-0.1, -0.05) is 12.5 Å². The van der Waals surface area contributed by atoms with Gasteiger partial charge >= 0.3 is 11.9 Å². The fourth-order valence-electron chi connectivity index (χ4n) is 4.16. The van der Waals surface area contributed by atoms with Crippen molar-refractivity contribution in [3.05, 3.63) is 34.6 Å². The van der Waals surface area contributed by atoms with Crippen molar-refractivity contribution in [1.29, 1.82) is 0 Å². The first-order valence-corrected chi connectivity index (χ1v) is 8.22. The van der Waals surface area contributed by atoms with Gasteiger partial charge in [0.15, 0.2) is 0 Å². The van der Waals surface area contributed by atoms with E-state index in [9.17, 15) is 9.59 Å². The van der Waals surface area contributed by atoms with Gasteiger partial charge in [-0.15, -0.1) is 0 Å². The number of carbonyl (C=O) groups is 2. The molecule has 0 aromatic heterocycles. The lowest BCUT2D eigenvalue weighted by Gasteiger charge is -2.24. The van der Waals surface area contributed by atoms with Crippen molar-refractivity contribution >= 4 is 11.9 Å². The zero-order valence-electron chi connectivity index (χ0n) is 13.3. The van der Waals surface area contributed by atoms with Gasteiger partial charge in [0.05, 0.1) is 11.8 Å². The van der Waals surface area contributed by atoms with Crippen LogP contribution < -0.4 is 0 Å². The lowest BCUT2D eigenvalue weighted by Crippen LogP contribution is -2.19. The lowest BCUT2D eigenvalue weighted by atomic mass is 9.84. The number of hydrogen-bond acceptors (Lipinski definition) is 5. The third-order valence-corrected chi connectivity index (χ3v) is 5.32. The molecule has 4 rings (SSSR count). The Bertz CT molecular complexity index is 669. The van der Waals surface area contributed by atoms with Crippen LogP contribution in [0.2, 0.25) is 0 Å². The minimum Gasteiger partial charge on any atom is -0.458 e. The van der Waals surface area contributed by atoms with E-state index in [0.29, 0.717) is 17.1 Å². The van der Waals surface area contributed by atoms with Gasteiger partial charge in [0.25, 0.3) is 6.29 Å². The Balaban J connectivity index is 1.52. The van der Waals surface area contributed by atoms with Crippen molar-refractivity contribution < 1.29 is 23.8 Å². The molecule has 4 atom stereocenters. The molecule has 0 saturated carbocycles. The zero-order chi connectivity index (χ0) is 16.1. The van der Waals surface area contributed by atoms with Crippen LogP contribution in [0.3, 0.4) is 0 Å². The molecule has 2 aliphatic heterocycles. The van der Waals surface area contributed by atoms with Crippen LogP contribution in [0.25, 0.3) is 0 Å². The molecule has 2 aliphatic carbocycles. The monoisotopic (exact) mass is 316 g/mol. The number of cyclic esters (lactones) is 1. The van der Waals surface area contributed by atoms with Gasteiger partial charge in [-0.25, -0.2) is 9.59 Å². The summed E-state index contributed by atoms with van der Waals surface area (Å²) in [6.45, 7) is 3.89. The smallest absolute Gasteiger partial charge is 0.338 e. The van der Waals surface area contributed by atoms with Crippen LogP contribution in [0, 0.1) is 11.8 Å². The second-order valence-corrected chi connectivity index (χ2v) is 6.82. The van der Waals surface area contributed by atoms with Crippen molar-refractivity contribution in [2.45, 2.75) is 51.9 Å². The van der Waals surface area contributed by atoms with E-state index in [0.717, 1.165) is 19.3 Å². The van der Waals surface area contributed by atoms with Crippen LogP contribution in [-0.4, -0.2) is 24.3 Å². The van der Waals surface area contributed by atoms with Gasteiger partial charge in [-0.2, -0.15) is 0 Å². The molecule has 5 heteroatoms. The average Bonchev–Trinajstić information content (AvgIpc) is 3.10. The summed E-state index contributed by atoms with van der Waals surface area (Å²) < 4.78 is 16.1. The van der Waals surface area contributed by atoms with E-state index in [1.807, 2.05) is 0 Å². The molecule has 1 unspecified atom stereocenters. The van der Waals surface area contributed by atoms with E-state index in [-0.39, 0.29) is 24.0 Å². The Morgan fingerprint density at radius 3 is 2.83 bits per heavy atom. The Hall–Kier alpha value is -2.04. The average molecular weight is 316 g/mol. The molecule has 23 heavy (non-hydrogen) atoms. The lowest BCUT2D eigenvalue weighted by molar-refractivity contribution is -0.152. The second kappa shape index (κ2) is 5.25. The molecule has 0 aromatic carbocycles. The van der Waals surface area contributed by atoms with Crippen LogP contribution in [0.1, 0.15) is 39.5 Å². The molecule has 0 aromatic rings. The molecule has 1 saturated heterocycles. The first-order chi connectivity index (χ1) is 11.0. The van der Waals surface area contributed by atoms with E-state index in [1.54, 1.807) is 13.0 Å². The topological polar surface area (TPSA) is 61.8 Å². The molecule has 0 amide bonds. The minimum absolute atomic E-state index is 0.0511. The Morgan fingerprint density at radius 2 is 2.09 bits per heavy atom. The third kappa shape index (κ3) is 2.30. The van der Waals surface area contributed by atoms with Crippen molar-refractivity contribution in [1.82, 2.24) is 0 Å². The van der Waals surface area contributed by atoms with Gasteiger partial charge < -0.3 is 14.2 Å². The Labute approximate surface area is 135 Å². The molecule has 2 heterocycles. The van der Waals surface area contributed by atoms with Gasteiger partial charge in [0, 0.05) is 17.6 Å². The highest BCUT2D eigenvalue weighted by molar-refractivity contribution is 5.92. The number of allylic oxidation sites excluding steroid dienone is 1. The van der Waals surface area contributed by atoms with Crippen molar-refractivity contribution in [3.8, 4) is 0 Å². The fraction of sp³-hybridized carbons (Fsp3) is 0.556. The van der Waals surface area contributed by atoms with Crippen molar-refractivity contribution in [3.63, 3.8) is 0 Å². The van der Waals surface area contributed by atoms with Crippen molar-refractivity contribution in [2.75, 3.05) is 0 Å². The number of fused-ring (bicyclic) bond motifs is 2. The predicted octanol–water partition coefficient (Wildman–Crippen LogP) is 2.78. The van der Waals surface area contributed by atoms with Crippen LogP contribution in [-0.2, 0) is 23.8 Å². The fourth-order valence-corrected chi connectivity index (χ4v) is 4.16. The maximum absolute atomic E-state index is 12.2. The summed E-state index contributed by atoms with van der Waals surface area (Å²) in [4.78, 5) is 23.5. The summed E-state index contributed by atoms with van der Waals surface area (Å²) >= 11 is 0. The highest BCUT2D eigenvalue weighted by Crippen LogP contribution is 2.50. The summed E-state index contributed by atoms with van der Waals surface area (Å²) in [6, 6.07) is 0. The highest BCUT2D eigenvalue weighted by Gasteiger charge is 2.49.